The van der Waals surface area contributed by atoms with Crippen molar-refractivity contribution in [2.45, 2.75) is 47.0 Å². The normalized spacial score (nSPS) is 11.6. The highest BCUT2D eigenvalue weighted by Crippen LogP contribution is 2.32. The van der Waals surface area contributed by atoms with Crippen molar-refractivity contribution in [1.82, 2.24) is 0 Å². The second-order valence-electron chi connectivity index (χ2n) is 8.94. The number of carbonyl (C=O) groups excluding carboxylic acids is 1. The predicted molar refractivity (Wildman–Crippen MR) is 152 cm³/mol. The third-order valence-corrected chi connectivity index (χ3v) is 6.72. The van der Waals surface area contributed by atoms with Crippen LogP contribution in [0.5, 0.6) is 0 Å². The molecular weight excluding hydrogens is 428 g/mol. The van der Waals surface area contributed by atoms with Crippen LogP contribution in [-0.2, 0) is 4.79 Å². The number of carbonyl (C=O) groups is 1. The van der Waals surface area contributed by atoms with Gasteiger partial charge in [-0.25, -0.2) is 0 Å². The fraction of sp³-hybridized carbons (Fsp3) is 0.344. The Hall–Kier alpha value is -3.33. The van der Waals surface area contributed by atoms with Gasteiger partial charge in [0.2, 0.25) is 0 Å². The average molecular weight is 469 g/mol. The van der Waals surface area contributed by atoms with Gasteiger partial charge >= 0.3 is 0 Å². The molecule has 0 radical (unpaired) electrons. The van der Waals surface area contributed by atoms with Crippen LogP contribution in [0.1, 0.15) is 63.6 Å². The van der Waals surface area contributed by atoms with Gasteiger partial charge in [-0.3, -0.25) is 4.79 Å². The van der Waals surface area contributed by atoms with Crippen molar-refractivity contribution in [1.29, 1.82) is 0 Å². The van der Waals surface area contributed by atoms with E-state index in [4.69, 9.17) is 0 Å². The van der Waals surface area contributed by atoms with E-state index in [9.17, 15) is 4.79 Å². The van der Waals surface area contributed by atoms with Crippen LogP contribution in [0.3, 0.4) is 0 Å². The van der Waals surface area contributed by atoms with E-state index in [0.717, 1.165) is 31.8 Å². The van der Waals surface area contributed by atoms with E-state index in [1.807, 2.05) is 18.2 Å². The molecule has 0 aliphatic carbocycles. The van der Waals surface area contributed by atoms with Crippen molar-refractivity contribution in [3.8, 4) is 0 Å². The number of benzene rings is 3. The fourth-order valence-corrected chi connectivity index (χ4v) is 4.72. The maximum Gasteiger partial charge on any atom is 0.130 e. The molecule has 0 fully saturated rings. The minimum atomic E-state index is 0.0219. The van der Waals surface area contributed by atoms with Gasteiger partial charge in [-0.2, -0.15) is 0 Å². The van der Waals surface area contributed by atoms with Crippen LogP contribution >= 0.6 is 0 Å². The van der Waals surface area contributed by atoms with E-state index in [-0.39, 0.29) is 11.7 Å². The van der Waals surface area contributed by atoms with Crippen molar-refractivity contribution >= 4 is 22.7 Å². The largest absolute Gasteiger partial charge is 0.372 e. The molecule has 0 aliphatic rings. The molecule has 3 aromatic rings. The Bertz CT molecular complexity index is 1020. The Kier molecular flexibility index (Phi) is 9.72. The lowest BCUT2D eigenvalue weighted by atomic mass is 9.87. The van der Waals surface area contributed by atoms with Gasteiger partial charge in [-0.05, 0) is 81.1 Å². The molecule has 0 saturated carbocycles. The molecule has 0 aromatic heterocycles. The molecule has 0 saturated heterocycles. The van der Waals surface area contributed by atoms with E-state index in [0.29, 0.717) is 6.42 Å². The summed E-state index contributed by atoms with van der Waals surface area (Å²) < 4.78 is 0. The third kappa shape index (κ3) is 6.85. The zero-order valence-corrected chi connectivity index (χ0v) is 22.0. The van der Waals surface area contributed by atoms with Crippen molar-refractivity contribution < 1.29 is 4.79 Å². The number of rotatable bonds is 12. The van der Waals surface area contributed by atoms with Gasteiger partial charge in [0.25, 0.3) is 0 Å². The van der Waals surface area contributed by atoms with Gasteiger partial charge in [0.05, 0.1) is 0 Å². The molecule has 35 heavy (non-hydrogen) atoms. The number of hydrogen-bond acceptors (Lipinski definition) is 3. The molecule has 3 nitrogen and oxygen atoms in total. The van der Waals surface area contributed by atoms with Crippen LogP contribution in [-0.4, -0.2) is 32.0 Å². The second-order valence-corrected chi connectivity index (χ2v) is 8.94. The van der Waals surface area contributed by atoms with Crippen LogP contribution in [0.2, 0.25) is 0 Å². The average Bonchev–Trinajstić information content (AvgIpc) is 2.89. The SMILES string of the molecule is CCN(CC)c1ccc(C(=C[C@@H](CC(C)=O)c2ccccc2)c2ccc(N(CC)CC)cc2)cc1. The first-order valence-corrected chi connectivity index (χ1v) is 13.0. The van der Waals surface area contributed by atoms with Crippen molar-refractivity contribution in [2.24, 2.45) is 0 Å². The molecule has 3 rings (SSSR count). The molecule has 3 aromatic carbocycles. The Morgan fingerprint density at radius 1 is 0.686 bits per heavy atom. The summed E-state index contributed by atoms with van der Waals surface area (Å²) in [6, 6.07) is 28.1. The molecule has 0 aliphatic heterocycles. The predicted octanol–water partition coefficient (Wildman–Crippen LogP) is 7.57. The Balaban J connectivity index is 2.10. The molecule has 0 unspecified atom stereocenters. The maximum atomic E-state index is 12.2. The van der Waals surface area contributed by atoms with E-state index in [1.54, 1.807) is 6.92 Å². The van der Waals surface area contributed by atoms with Crippen molar-refractivity contribution in [2.75, 3.05) is 36.0 Å². The molecule has 0 amide bonds. The minimum Gasteiger partial charge on any atom is -0.372 e. The smallest absolute Gasteiger partial charge is 0.130 e. The highest BCUT2D eigenvalue weighted by molar-refractivity contribution is 5.83. The summed E-state index contributed by atoms with van der Waals surface area (Å²) in [5.74, 6) is 0.219. The van der Waals surface area contributed by atoms with Crippen LogP contribution in [0, 0.1) is 0 Å². The standard InChI is InChI=1S/C32H40N2O/c1-6-33(7-2)30-19-15-27(16-20-30)32(28-17-21-31(22-18-28)34(8-3)9-4)24-29(23-25(5)35)26-13-11-10-12-14-26/h10-22,24,29H,6-9,23H2,1-5H3/t29-/m1/s1. The number of anilines is 2. The topological polar surface area (TPSA) is 23.6 Å². The summed E-state index contributed by atoms with van der Waals surface area (Å²) in [7, 11) is 0. The summed E-state index contributed by atoms with van der Waals surface area (Å²) in [4.78, 5) is 16.9. The maximum absolute atomic E-state index is 12.2. The van der Waals surface area contributed by atoms with Gasteiger partial charge < -0.3 is 9.80 Å². The number of Topliss-reactive ketones (excluding diaryl/α,β-unsaturated/α-hetero) is 1. The highest BCUT2D eigenvalue weighted by atomic mass is 16.1. The lowest BCUT2D eigenvalue weighted by Gasteiger charge is -2.23. The van der Waals surface area contributed by atoms with Gasteiger partial charge in [0.1, 0.15) is 5.78 Å². The Morgan fingerprint density at radius 3 is 1.49 bits per heavy atom. The van der Waals surface area contributed by atoms with Crippen LogP contribution < -0.4 is 9.80 Å². The molecule has 3 heteroatoms. The Morgan fingerprint density at radius 2 is 1.11 bits per heavy atom. The number of hydrogen-bond donors (Lipinski definition) is 0. The van der Waals surface area contributed by atoms with Crippen molar-refractivity contribution in [3.05, 3.63) is 102 Å². The second kappa shape index (κ2) is 12.9. The van der Waals surface area contributed by atoms with Crippen LogP contribution in [0.15, 0.2) is 84.9 Å². The zero-order valence-electron chi connectivity index (χ0n) is 22.0. The molecule has 1 atom stereocenters. The number of allylic oxidation sites excluding steroid dienone is 1. The van der Waals surface area contributed by atoms with E-state index in [1.165, 1.54) is 28.1 Å². The fourth-order valence-electron chi connectivity index (χ4n) is 4.72. The third-order valence-electron chi connectivity index (χ3n) is 6.72. The lowest BCUT2D eigenvalue weighted by molar-refractivity contribution is -0.117. The molecule has 0 bridgehead atoms. The van der Waals surface area contributed by atoms with Crippen molar-refractivity contribution in [3.63, 3.8) is 0 Å². The Labute approximate surface area is 212 Å². The van der Waals surface area contributed by atoms with E-state index in [2.05, 4.69) is 104 Å². The highest BCUT2D eigenvalue weighted by Gasteiger charge is 2.16. The minimum absolute atomic E-state index is 0.0219. The van der Waals surface area contributed by atoms with Gasteiger partial charge in [0.15, 0.2) is 0 Å². The molecular formula is C32H40N2O. The molecule has 0 N–H and O–H groups in total. The molecule has 0 heterocycles. The first kappa shape index (κ1) is 26.3. The number of nitrogens with zero attached hydrogens (tertiary/aromatic N) is 2. The van der Waals surface area contributed by atoms with Gasteiger partial charge in [-0.1, -0.05) is 60.7 Å². The van der Waals surface area contributed by atoms with Crippen LogP contribution in [0.25, 0.3) is 5.57 Å². The summed E-state index contributed by atoms with van der Waals surface area (Å²) in [5.41, 5.74) is 7.13. The van der Waals surface area contributed by atoms with Gasteiger partial charge in [-0.15, -0.1) is 0 Å². The quantitative estimate of drug-likeness (QED) is 0.274. The lowest BCUT2D eigenvalue weighted by Crippen LogP contribution is -2.21. The van der Waals surface area contributed by atoms with E-state index >= 15 is 0 Å². The molecule has 0 spiro atoms. The zero-order chi connectivity index (χ0) is 25.2. The summed E-state index contributed by atoms with van der Waals surface area (Å²) >= 11 is 0. The monoisotopic (exact) mass is 468 g/mol. The van der Waals surface area contributed by atoms with Crippen LogP contribution in [0.4, 0.5) is 11.4 Å². The number of ketones is 1. The van der Waals surface area contributed by atoms with E-state index < -0.39 is 0 Å². The summed E-state index contributed by atoms with van der Waals surface area (Å²) in [5, 5.41) is 0. The van der Waals surface area contributed by atoms with Gasteiger partial charge in [0, 0.05) is 49.9 Å². The summed E-state index contributed by atoms with van der Waals surface area (Å²) in [6.07, 6.45) is 2.78. The first-order valence-electron chi connectivity index (χ1n) is 13.0. The molecule has 184 valence electrons. The summed E-state index contributed by atoms with van der Waals surface area (Å²) in [6.45, 7) is 14.4. The first-order chi connectivity index (χ1) is 17.0.